The lowest BCUT2D eigenvalue weighted by molar-refractivity contribution is -0.167. The Kier molecular flexibility index (Phi) is 56.4. The predicted molar refractivity (Wildman–Crippen MR) is 311 cm³/mol. The van der Waals surface area contributed by atoms with Gasteiger partial charge in [-0.25, -0.2) is 0 Å². The van der Waals surface area contributed by atoms with Crippen molar-refractivity contribution in [3.8, 4) is 0 Å². The fourth-order valence-electron chi connectivity index (χ4n) is 8.09. The molecule has 1 atom stereocenters. The molecular weight excluding hydrogens is 889 g/mol. The summed E-state index contributed by atoms with van der Waals surface area (Å²) in [5, 5.41) is 0. The number of rotatable bonds is 53. The summed E-state index contributed by atoms with van der Waals surface area (Å²) in [6.07, 6.45) is 81.1. The smallest absolute Gasteiger partial charge is 0.306 e. The topological polar surface area (TPSA) is 78.9 Å². The highest BCUT2D eigenvalue weighted by molar-refractivity contribution is 5.71. The van der Waals surface area contributed by atoms with Crippen LogP contribution in [0.4, 0.5) is 0 Å². The van der Waals surface area contributed by atoms with Crippen molar-refractivity contribution in [2.24, 2.45) is 0 Å². The van der Waals surface area contributed by atoms with E-state index in [0.717, 1.165) is 103 Å². The van der Waals surface area contributed by atoms with Gasteiger partial charge in [0.25, 0.3) is 0 Å². The van der Waals surface area contributed by atoms with Crippen molar-refractivity contribution in [2.75, 3.05) is 13.2 Å². The van der Waals surface area contributed by atoms with E-state index in [4.69, 9.17) is 14.2 Å². The molecule has 0 aliphatic carbocycles. The molecule has 0 radical (unpaired) electrons. The summed E-state index contributed by atoms with van der Waals surface area (Å²) in [4.78, 5) is 38.0. The highest BCUT2D eigenvalue weighted by Gasteiger charge is 2.19. The van der Waals surface area contributed by atoms with E-state index in [0.29, 0.717) is 19.3 Å². The molecule has 0 rings (SSSR count). The van der Waals surface area contributed by atoms with Crippen molar-refractivity contribution in [1.82, 2.24) is 0 Å². The Morgan fingerprint density at radius 2 is 0.542 bits per heavy atom. The maximum Gasteiger partial charge on any atom is 0.306 e. The van der Waals surface area contributed by atoms with Gasteiger partial charge >= 0.3 is 17.9 Å². The second-order valence-electron chi connectivity index (χ2n) is 19.5. The van der Waals surface area contributed by atoms with Gasteiger partial charge in [-0.3, -0.25) is 14.4 Å². The van der Waals surface area contributed by atoms with Crippen LogP contribution in [0.1, 0.15) is 271 Å². The molecule has 0 saturated heterocycles. The highest BCUT2D eigenvalue weighted by atomic mass is 16.6. The molecule has 0 fully saturated rings. The van der Waals surface area contributed by atoms with E-state index in [1.165, 1.54) is 122 Å². The molecule has 0 aromatic carbocycles. The molecular formula is C66H110O6. The van der Waals surface area contributed by atoms with E-state index in [1.807, 2.05) is 0 Å². The summed E-state index contributed by atoms with van der Waals surface area (Å²) in [6, 6.07) is 0. The van der Waals surface area contributed by atoms with Gasteiger partial charge in [0.15, 0.2) is 6.10 Å². The van der Waals surface area contributed by atoms with Crippen LogP contribution in [0.3, 0.4) is 0 Å². The SMILES string of the molecule is CC/C=C\C/C=C\C/C=C\C/C=C\C/C=C\C/C=C\C/C=C\C/C=C\C/C=C\CCCC(=O)OCC(COC(=O)CCCCCCCCCC)OC(=O)CCCCCCCCCCCCCCCCCCC. The van der Waals surface area contributed by atoms with Gasteiger partial charge in [0, 0.05) is 19.3 Å². The Morgan fingerprint density at radius 1 is 0.292 bits per heavy atom. The minimum absolute atomic E-state index is 0.0938. The van der Waals surface area contributed by atoms with Gasteiger partial charge in [-0.1, -0.05) is 278 Å². The average Bonchev–Trinajstić information content (AvgIpc) is 3.38. The minimum Gasteiger partial charge on any atom is -0.462 e. The van der Waals surface area contributed by atoms with Crippen molar-refractivity contribution in [3.05, 3.63) is 109 Å². The van der Waals surface area contributed by atoms with Crippen LogP contribution in [0.5, 0.6) is 0 Å². The average molecular weight is 1000 g/mol. The first-order valence-electron chi connectivity index (χ1n) is 29.9. The first-order chi connectivity index (χ1) is 35.5. The van der Waals surface area contributed by atoms with E-state index in [9.17, 15) is 14.4 Å². The molecule has 0 amide bonds. The van der Waals surface area contributed by atoms with Gasteiger partial charge in [0.05, 0.1) is 0 Å². The lowest BCUT2D eigenvalue weighted by Gasteiger charge is -2.18. The van der Waals surface area contributed by atoms with Gasteiger partial charge < -0.3 is 14.2 Å². The molecule has 410 valence electrons. The molecule has 0 aromatic heterocycles. The van der Waals surface area contributed by atoms with Crippen molar-refractivity contribution < 1.29 is 28.6 Å². The number of hydrogen-bond donors (Lipinski definition) is 0. The van der Waals surface area contributed by atoms with E-state index in [2.05, 4.69) is 130 Å². The van der Waals surface area contributed by atoms with Crippen LogP contribution in [0, 0.1) is 0 Å². The number of unbranched alkanes of at least 4 members (excludes halogenated alkanes) is 24. The highest BCUT2D eigenvalue weighted by Crippen LogP contribution is 2.16. The fraction of sp³-hybridized carbons (Fsp3) is 0.682. The van der Waals surface area contributed by atoms with E-state index in [-0.39, 0.29) is 37.5 Å². The van der Waals surface area contributed by atoms with Crippen molar-refractivity contribution in [3.63, 3.8) is 0 Å². The molecule has 0 aromatic rings. The standard InChI is InChI=1S/C66H110O6/c1-4-7-10-13-16-19-21-23-25-27-28-29-30-31-32-33-34-35-36-37-38-40-41-43-45-47-50-53-56-59-65(68)71-62-63(61-70-64(67)58-55-52-49-18-15-12-9-6-3)72-66(69)60-57-54-51-48-46-44-42-39-26-24-22-20-17-14-11-8-5-2/h7,10,16,19,23,25,28-29,31-32,34-35,37-38,41,43,47,50,63H,4-6,8-9,11-15,17-18,20-22,24,26-27,30,33,36,39-40,42,44-46,48-49,51-62H2,1-3H3/b10-7-,19-16-,25-23-,29-28-,32-31-,35-34-,38-37-,43-41-,50-47-. The van der Waals surface area contributed by atoms with Gasteiger partial charge in [-0.2, -0.15) is 0 Å². The molecule has 0 bridgehead atoms. The van der Waals surface area contributed by atoms with Crippen LogP contribution in [0.15, 0.2) is 109 Å². The van der Waals surface area contributed by atoms with Crippen LogP contribution >= 0.6 is 0 Å². The zero-order valence-corrected chi connectivity index (χ0v) is 46.9. The zero-order valence-electron chi connectivity index (χ0n) is 46.9. The molecule has 0 aliphatic heterocycles. The summed E-state index contributed by atoms with van der Waals surface area (Å²) in [6.45, 7) is 6.46. The Hall–Kier alpha value is -3.93. The number of carbonyl (C=O) groups is 3. The first-order valence-corrected chi connectivity index (χ1v) is 29.9. The second kappa shape index (κ2) is 59.6. The van der Waals surface area contributed by atoms with Gasteiger partial charge in [-0.05, 0) is 83.5 Å². The molecule has 0 N–H and O–H groups in total. The van der Waals surface area contributed by atoms with Gasteiger partial charge in [-0.15, -0.1) is 0 Å². The molecule has 1 unspecified atom stereocenters. The zero-order chi connectivity index (χ0) is 52.2. The number of hydrogen-bond acceptors (Lipinski definition) is 6. The Morgan fingerprint density at radius 3 is 0.847 bits per heavy atom. The fourth-order valence-corrected chi connectivity index (χ4v) is 8.09. The van der Waals surface area contributed by atoms with Crippen LogP contribution < -0.4 is 0 Å². The monoisotopic (exact) mass is 999 g/mol. The second-order valence-corrected chi connectivity index (χ2v) is 19.5. The van der Waals surface area contributed by atoms with Gasteiger partial charge in [0.1, 0.15) is 13.2 Å². The lowest BCUT2D eigenvalue weighted by Crippen LogP contribution is -2.30. The Bertz CT molecular complexity index is 1470. The van der Waals surface area contributed by atoms with Crippen LogP contribution in [0.25, 0.3) is 0 Å². The van der Waals surface area contributed by atoms with Crippen molar-refractivity contribution >= 4 is 17.9 Å². The van der Waals surface area contributed by atoms with Crippen molar-refractivity contribution in [2.45, 2.75) is 277 Å². The van der Waals surface area contributed by atoms with E-state index < -0.39 is 6.10 Å². The molecule has 0 spiro atoms. The van der Waals surface area contributed by atoms with Crippen LogP contribution in [0.2, 0.25) is 0 Å². The molecule has 72 heavy (non-hydrogen) atoms. The largest absolute Gasteiger partial charge is 0.462 e. The molecule has 0 saturated carbocycles. The Labute approximate surface area is 444 Å². The molecule has 6 heteroatoms. The van der Waals surface area contributed by atoms with Crippen molar-refractivity contribution in [1.29, 1.82) is 0 Å². The molecule has 0 heterocycles. The van der Waals surface area contributed by atoms with Gasteiger partial charge in [0.2, 0.25) is 0 Å². The van der Waals surface area contributed by atoms with Crippen LogP contribution in [-0.4, -0.2) is 37.2 Å². The van der Waals surface area contributed by atoms with E-state index >= 15 is 0 Å². The Balaban J connectivity index is 4.32. The predicted octanol–water partition coefficient (Wildman–Crippen LogP) is 20.3. The first kappa shape index (κ1) is 68.1. The third kappa shape index (κ3) is 57.0. The third-order valence-electron chi connectivity index (χ3n) is 12.5. The number of carbonyl (C=O) groups excluding carboxylic acids is 3. The summed E-state index contributed by atoms with van der Waals surface area (Å²) in [5.41, 5.74) is 0. The van der Waals surface area contributed by atoms with Crippen LogP contribution in [-0.2, 0) is 28.6 Å². The quantitative estimate of drug-likeness (QED) is 0.0261. The normalized spacial score (nSPS) is 12.9. The maximum atomic E-state index is 12.8. The van der Waals surface area contributed by atoms with E-state index in [1.54, 1.807) is 0 Å². The molecule has 6 nitrogen and oxygen atoms in total. The number of allylic oxidation sites excluding steroid dienone is 18. The summed E-state index contributed by atoms with van der Waals surface area (Å²) < 4.78 is 16.8. The minimum atomic E-state index is -0.798. The lowest BCUT2D eigenvalue weighted by atomic mass is 10.0. The molecule has 0 aliphatic rings. The maximum absolute atomic E-state index is 12.8. The summed E-state index contributed by atoms with van der Waals surface area (Å²) in [7, 11) is 0. The summed E-state index contributed by atoms with van der Waals surface area (Å²) in [5.74, 6) is -0.956. The third-order valence-corrected chi connectivity index (χ3v) is 12.5. The number of ether oxygens (including phenoxy) is 3. The summed E-state index contributed by atoms with van der Waals surface area (Å²) >= 11 is 0. The number of esters is 3.